The quantitative estimate of drug-likeness (QED) is 0.496. The molecule has 1 rings (SSSR count). The first-order chi connectivity index (χ1) is 6.93. The average molecular weight is 323 g/mol. The van der Waals surface area contributed by atoms with Gasteiger partial charge >= 0.3 is 5.97 Å². The third kappa shape index (κ3) is 2.63. The van der Waals surface area contributed by atoms with Crippen LogP contribution in [0, 0.1) is 13.7 Å². The Morgan fingerprint density at radius 1 is 1.53 bits per heavy atom. The molecule has 1 aromatic carbocycles. The molecule has 6 nitrogen and oxygen atoms in total. The number of hydrogen-bond donors (Lipinski definition) is 2. The predicted octanol–water partition coefficient (Wildman–Crippen LogP) is 1.32. The van der Waals surface area contributed by atoms with Crippen LogP contribution in [0.25, 0.3) is 0 Å². The summed E-state index contributed by atoms with van der Waals surface area (Å²) in [5.41, 5.74) is -0.607. The molecule has 0 amide bonds. The second kappa shape index (κ2) is 4.53. The maximum Gasteiger partial charge on any atom is 0.337 e. The van der Waals surface area contributed by atoms with Crippen molar-refractivity contribution >= 4 is 34.2 Å². The zero-order valence-electron chi connectivity index (χ0n) is 7.25. The fourth-order valence-corrected chi connectivity index (χ4v) is 1.56. The van der Waals surface area contributed by atoms with Gasteiger partial charge in [0, 0.05) is 9.64 Å². The molecule has 1 atom stereocenters. The van der Waals surface area contributed by atoms with E-state index < -0.39 is 22.7 Å². The van der Waals surface area contributed by atoms with E-state index in [1.54, 1.807) is 0 Å². The van der Waals surface area contributed by atoms with Gasteiger partial charge in [0.1, 0.15) is 0 Å². The number of nitrogens with zero attached hydrogens (tertiary/aromatic N) is 1. The molecule has 0 saturated carbocycles. The molecular weight excluding hydrogens is 317 g/mol. The molecule has 0 saturated heterocycles. The lowest BCUT2D eigenvalue weighted by atomic mass is 10.1. The smallest absolute Gasteiger partial charge is 0.337 e. The Kier molecular flexibility index (Phi) is 3.58. The van der Waals surface area contributed by atoms with Crippen LogP contribution in [-0.2, 0) is 4.79 Å². The second-order valence-corrected chi connectivity index (χ2v) is 3.95. The third-order valence-electron chi connectivity index (χ3n) is 1.71. The van der Waals surface area contributed by atoms with Gasteiger partial charge in [-0.25, -0.2) is 4.79 Å². The molecule has 7 heteroatoms. The Hall–Kier alpha value is -1.22. The van der Waals surface area contributed by atoms with Crippen LogP contribution in [0.4, 0.5) is 5.69 Å². The molecule has 0 radical (unpaired) electrons. The van der Waals surface area contributed by atoms with Crippen molar-refractivity contribution in [3.8, 4) is 0 Å². The molecule has 0 fully saturated rings. The van der Waals surface area contributed by atoms with E-state index in [1.165, 1.54) is 18.2 Å². The van der Waals surface area contributed by atoms with Crippen molar-refractivity contribution in [2.75, 3.05) is 0 Å². The SMILES string of the molecule is O=C(O)C(O)c1cc(I)ccc1[N+](=O)[O-]. The van der Waals surface area contributed by atoms with Crippen LogP contribution in [0.15, 0.2) is 18.2 Å². The minimum Gasteiger partial charge on any atom is -0.479 e. The van der Waals surface area contributed by atoms with Gasteiger partial charge in [0.15, 0.2) is 6.10 Å². The van der Waals surface area contributed by atoms with Crippen LogP contribution in [0.1, 0.15) is 11.7 Å². The van der Waals surface area contributed by atoms with E-state index in [0.29, 0.717) is 3.57 Å². The van der Waals surface area contributed by atoms with Crippen LogP contribution < -0.4 is 0 Å². The monoisotopic (exact) mass is 323 g/mol. The summed E-state index contributed by atoms with van der Waals surface area (Å²) in [5, 5.41) is 28.4. The molecule has 0 aliphatic rings. The summed E-state index contributed by atoms with van der Waals surface area (Å²) in [7, 11) is 0. The summed E-state index contributed by atoms with van der Waals surface area (Å²) in [6.45, 7) is 0. The topological polar surface area (TPSA) is 101 Å². The molecule has 0 heterocycles. The molecule has 80 valence electrons. The van der Waals surface area contributed by atoms with Crippen LogP contribution in [0.5, 0.6) is 0 Å². The van der Waals surface area contributed by atoms with E-state index in [4.69, 9.17) is 5.11 Å². The highest BCUT2D eigenvalue weighted by atomic mass is 127. The normalized spacial score (nSPS) is 12.1. The number of rotatable bonds is 3. The van der Waals surface area contributed by atoms with Gasteiger partial charge in [0.2, 0.25) is 0 Å². The van der Waals surface area contributed by atoms with E-state index in [2.05, 4.69) is 0 Å². The average Bonchev–Trinajstić information content (AvgIpc) is 2.15. The standard InChI is InChI=1S/C8H6INO5/c9-4-1-2-6(10(14)15)5(3-4)7(11)8(12)13/h1-3,7,11H,(H,12,13). The summed E-state index contributed by atoms with van der Waals surface area (Å²) in [6.07, 6.45) is -1.87. The first-order valence-corrected chi connectivity index (χ1v) is 4.86. The van der Waals surface area contributed by atoms with Gasteiger partial charge in [0.05, 0.1) is 10.5 Å². The molecule has 0 aromatic heterocycles. The van der Waals surface area contributed by atoms with Gasteiger partial charge in [-0.1, -0.05) is 0 Å². The highest BCUT2D eigenvalue weighted by Gasteiger charge is 2.25. The van der Waals surface area contributed by atoms with Crippen molar-refractivity contribution in [3.05, 3.63) is 37.4 Å². The van der Waals surface area contributed by atoms with Crippen LogP contribution in [0.3, 0.4) is 0 Å². The summed E-state index contributed by atoms with van der Waals surface area (Å²) in [6, 6.07) is 3.91. The van der Waals surface area contributed by atoms with Crippen LogP contribution in [0.2, 0.25) is 0 Å². The van der Waals surface area contributed by atoms with Crippen molar-refractivity contribution < 1.29 is 19.9 Å². The Bertz CT molecular complexity index is 419. The minimum atomic E-state index is -1.87. The third-order valence-corrected chi connectivity index (χ3v) is 2.39. The number of carboxylic acid groups (broad SMARTS) is 1. The minimum absolute atomic E-state index is 0.209. The van der Waals surface area contributed by atoms with E-state index in [1.807, 2.05) is 22.6 Å². The van der Waals surface area contributed by atoms with Crippen LogP contribution in [-0.4, -0.2) is 21.1 Å². The molecule has 0 aliphatic heterocycles. The molecular formula is C8H6INO5. The van der Waals surface area contributed by atoms with Crippen LogP contribution >= 0.6 is 22.6 Å². The lowest BCUT2D eigenvalue weighted by Crippen LogP contribution is -2.12. The second-order valence-electron chi connectivity index (χ2n) is 2.70. The van der Waals surface area contributed by atoms with Gasteiger partial charge in [-0.2, -0.15) is 0 Å². The molecule has 0 spiro atoms. The van der Waals surface area contributed by atoms with Crippen molar-refractivity contribution in [1.82, 2.24) is 0 Å². The summed E-state index contributed by atoms with van der Waals surface area (Å²) in [4.78, 5) is 20.3. The Morgan fingerprint density at radius 2 is 2.13 bits per heavy atom. The van der Waals surface area contributed by atoms with Gasteiger partial charge in [-0.05, 0) is 34.7 Å². The van der Waals surface area contributed by atoms with E-state index in [-0.39, 0.29) is 5.56 Å². The number of hydrogen-bond acceptors (Lipinski definition) is 4. The van der Waals surface area contributed by atoms with Gasteiger partial charge < -0.3 is 10.2 Å². The fraction of sp³-hybridized carbons (Fsp3) is 0.125. The Balaban J connectivity index is 3.30. The molecule has 15 heavy (non-hydrogen) atoms. The number of aliphatic hydroxyl groups is 1. The maximum atomic E-state index is 10.6. The lowest BCUT2D eigenvalue weighted by molar-refractivity contribution is -0.386. The molecule has 1 unspecified atom stereocenters. The number of carboxylic acids is 1. The van der Waals surface area contributed by atoms with Gasteiger partial charge in [-0.3, -0.25) is 10.1 Å². The number of carbonyl (C=O) groups is 1. The number of aliphatic carboxylic acids is 1. The number of aliphatic hydroxyl groups excluding tert-OH is 1. The first-order valence-electron chi connectivity index (χ1n) is 3.78. The zero-order valence-corrected chi connectivity index (χ0v) is 9.41. The first kappa shape index (κ1) is 11.9. The van der Waals surface area contributed by atoms with Crippen molar-refractivity contribution in [1.29, 1.82) is 0 Å². The molecule has 0 aliphatic carbocycles. The lowest BCUT2D eigenvalue weighted by Gasteiger charge is -2.06. The van der Waals surface area contributed by atoms with Crippen molar-refractivity contribution in [2.45, 2.75) is 6.10 Å². The number of halogens is 1. The van der Waals surface area contributed by atoms with E-state index in [0.717, 1.165) is 0 Å². The number of nitro groups is 1. The van der Waals surface area contributed by atoms with Gasteiger partial charge in [0.25, 0.3) is 5.69 Å². The summed E-state index contributed by atoms with van der Waals surface area (Å²) >= 11 is 1.88. The largest absolute Gasteiger partial charge is 0.479 e. The number of benzene rings is 1. The Morgan fingerprint density at radius 3 is 2.60 bits per heavy atom. The van der Waals surface area contributed by atoms with E-state index >= 15 is 0 Å². The highest BCUT2D eigenvalue weighted by molar-refractivity contribution is 14.1. The zero-order chi connectivity index (χ0) is 11.6. The van der Waals surface area contributed by atoms with Crippen molar-refractivity contribution in [2.24, 2.45) is 0 Å². The molecule has 0 bridgehead atoms. The highest BCUT2D eigenvalue weighted by Crippen LogP contribution is 2.27. The summed E-state index contributed by atoms with van der Waals surface area (Å²) in [5.74, 6) is -1.51. The fourth-order valence-electron chi connectivity index (χ4n) is 1.04. The van der Waals surface area contributed by atoms with E-state index in [9.17, 15) is 20.0 Å². The molecule has 2 N–H and O–H groups in total. The van der Waals surface area contributed by atoms with Crippen molar-refractivity contribution in [3.63, 3.8) is 0 Å². The number of nitro benzene ring substituents is 1. The maximum absolute atomic E-state index is 10.6. The Labute approximate surface area is 97.8 Å². The molecule has 1 aromatic rings. The van der Waals surface area contributed by atoms with Gasteiger partial charge in [-0.15, -0.1) is 0 Å². The summed E-state index contributed by atoms with van der Waals surface area (Å²) < 4.78 is 0.619. The predicted molar refractivity (Wildman–Crippen MR) is 58.4 cm³/mol.